The van der Waals surface area contributed by atoms with Gasteiger partial charge >= 0.3 is 0 Å². The molecular weight excluding hydrogens is 356 g/mol. The molecule has 0 spiro atoms. The molecule has 1 aliphatic heterocycles. The summed E-state index contributed by atoms with van der Waals surface area (Å²) in [5, 5.41) is 5.30. The van der Waals surface area contributed by atoms with Crippen molar-refractivity contribution in [3.8, 4) is 11.5 Å². The summed E-state index contributed by atoms with van der Waals surface area (Å²) in [5.74, 6) is 2.14. The Kier molecular flexibility index (Phi) is 3.28. The topological polar surface area (TPSA) is 81.6 Å². The maximum atomic E-state index is 5.53. The largest absolute Gasteiger partial charge is 0.378 e. The number of hydrogen-bond acceptors (Lipinski definition) is 7. The minimum atomic E-state index is 0.0277. The molecule has 1 aromatic carbocycles. The van der Waals surface area contributed by atoms with E-state index in [-0.39, 0.29) is 5.41 Å². The average molecular weight is 376 g/mol. The third kappa shape index (κ3) is 2.34. The van der Waals surface area contributed by atoms with Crippen LogP contribution in [0, 0.1) is 0 Å². The molecule has 142 valence electrons. The molecule has 8 heteroatoms. The Labute approximate surface area is 161 Å². The molecule has 1 aliphatic carbocycles. The Morgan fingerprint density at radius 2 is 1.89 bits per heavy atom. The highest BCUT2D eigenvalue weighted by atomic mass is 16.5. The number of fused-ring (bicyclic) bond motifs is 3. The number of morpholine rings is 1. The van der Waals surface area contributed by atoms with Crippen LogP contribution in [-0.4, -0.2) is 50.8 Å². The molecule has 0 radical (unpaired) electrons. The smallest absolute Gasteiger partial charge is 0.232 e. The second-order valence-electron chi connectivity index (χ2n) is 7.82. The van der Waals surface area contributed by atoms with E-state index < -0.39 is 0 Å². The van der Waals surface area contributed by atoms with Gasteiger partial charge < -0.3 is 14.2 Å². The van der Waals surface area contributed by atoms with Crippen molar-refractivity contribution >= 4 is 22.4 Å². The molecule has 4 aromatic rings. The minimum absolute atomic E-state index is 0.0277. The lowest BCUT2D eigenvalue weighted by Gasteiger charge is -2.29. The minimum Gasteiger partial charge on any atom is -0.378 e. The van der Waals surface area contributed by atoms with Gasteiger partial charge in [0.05, 0.1) is 18.7 Å². The van der Waals surface area contributed by atoms with Crippen LogP contribution in [0.15, 0.2) is 35.1 Å². The summed E-state index contributed by atoms with van der Waals surface area (Å²) in [7, 11) is 0. The van der Waals surface area contributed by atoms with Crippen molar-refractivity contribution in [1.29, 1.82) is 0 Å². The number of imidazole rings is 1. The van der Waals surface area contributed by atoms with Crippen LogP contribution in [0.2, 0.25) is 0 Å². The van der Waals surface area contributed by atoms with Crippen molar-refractivity contribution < 1.29 is 9.26 Å². The fraction of sp³-hybridized carbons (Fsp3) is 0.400. The lowest BCUT2D eigenvalue weighted by molar-refractivity contribution is 0.122. The molecule has 6 rings (SSSR count). The monoisotopic (exact) mass is 376 g/mol. The van der Waals surface area contributed by atoms with Crippen molar-refractivity contribution in [3.63, 3.8) is 0 Å². The number of para-hydroxylation sites is 1. The van der Waals surface area contributed by atoms with Crippen molar-refractivity contribution in [1.82, 2.24) is 24.5 Å². The molecule has 1 saturated heterocycles. The van der Waals surface area contributed by atoms with E-state index in [4.69, 9.17) is 14.2 Å². The van der Waals surface area contributed by atoms with Crippen LogP contribution in [0.1, 0.15) is 25.7 Å². The van der Waals surface area contributed by atoms with E-state index in [0.717, 1.165) is 48.3 Å². The van der Waals surface area contributed by atoms with Crippen molar-refractivity contribution in [3.05, 3.63) is 36.5 Å². The summed E-state index contributed by atoms with van der Waals surface area (Å²) in [6.45, 7) is 5.21. The zero-order chi connectivity index (χ0) is 18.7. The standard InChI is InChI=1S/C20H20N6O2/c1-20(6-7-20)19-22-16(24-28-19)15-18-23-17(25-8-10-27-11-9-25)13-4-2-3-5-14(13)26(18)12-21-15/h2-5,12H,6-11H2,1H3. The maximum absolute atomic E-state index is 5.53. The SMILES string of the molecule is CC1(c2nc(-c3ncn4c3nc(N3CCOCC3)c3ccccc34)no2)CC1. The molecule has 28 heavy (non-hydrogen) atoms. The molecule has 0 unspecified atom stereocenters. The van der Waals surface area contributed by atoms with Crippen LogP contribution in [0.3, 0.4) is 0 Å². The van der Waals surface area contributed by atoms with Crippen LogP contribution in [0.4, 0.5) is 5.82 Å². The van der Waals surface area contributed by atoms with Crippen LogP contribution < -0.4 is 4.90 Å². The van der Waals surface area contributed by atoms with Crippen molar-refractivity contribution in [2.75, 3.05) is 31.2 Å². The summed E-state index contributed by atoms with van der Waals surface area (Å²) in [4.78, 5) is 16.5. The number of benzene rings is 1. The third-order valence-corrected chi connectivity index (χ3v) is 5.82. The molecule has 0 bridgehead atoms. The predicted molar refractivity (Wildman–Crippen MR) is 103 cm³/mol. The Balaban J connectivity index is 1.55. The first-order valence-corrected chi connectivity index (χ1v) is 9.66. The van der Waals surface area contributed by atoms with E-state index in [1.807, 2.05) is 16.5 Å². The van der Waals surface area contributed by atoms with E-state index in [9.17, 15) is 0 Å². The number of hydrogen-bond donors (Lipinski definition) is 0. The van der Waals surface area contributed by atoms with Crippen LogP contribution >= 0.6 is 0 Å². The molecule has 2 fully saturated rings. The van der Waals surface area contributed by atoms with Gasteiger partial charge in [-0.3, -0.25) is 4.40 Å². The molecule has 3 aromatic heterocycles. The van der Waals surface area contributed by atoms with Gasteiger partial charge in [0.1, 0.15) is 12.1 Å². The molecular formula is C20H20N6O2. The van der Waals surface area contributed by atoms with E-state index in [1.54, 1.807) is 6.33 Å². The highest BCUT2D eigenvalue weighted by Gasteiger charge is 2.44. The summed E-state index contributed by atoms with van der Waals surface area (Å²) in [5.41, 5.74) is 2.48. The zero-order valence-electron chi connectivity index (χ0n) is 15.6. The number of rotatable bonds is 3. The van der Waals surface area contributed by atoms with E-state index in [2.05, 4.69) is 39.1 Å². The maximum Gasteiger partial charge on any atom is 0.232 e. The summed E-state index contributed by atoms with van der Waals surface area (Å²) < 4.78 is 13.1. The van der Waals surface area contributed by atoms with E-state index >= 15 is 0 Å². The average Bonchev–Trinajstić information content (AvgIpc) is 3.15. The second kappa shape index (κ2) is 5.75. The Morgan fingerprint density at radius 1 is 1.07 bits per heavy atom. The van der Waals surface area contributed by atoms with Crippen molar-refractivity contribution in [2.24, 2.45) is 0 Å². The fourth-order valence-electron chi connectivity index (χ4n) is 3.80. The number of anilines is 1. The van der Waals surface area contributed by atoms with Crippen LogP contribution in [0.5, 0.6) is 0 Å². The Morgan fingerprint density at radius 3 is 2.71 bits per heavy atom. The number of nitrogens with zero attached hydrogens (tertiary/aromatic N) is 6. The van der Waals surface area contributed by atoms with E-state index in [1.165, 1.54) is 0 Å². The summed E-state index contributed by atoms with van der Waals surface area (Å²) >= 11 is 0. The van der Waals surface area contributed by atoms with Gasteiger partial charge in [0.25, 0.3) is 0 Å². The predicted octanol–water partition coefficient (Wildman–Crippen LogP) is 2.82. The molecule has 2 aliphatic rings. The highest BCUT2D eigenvalue weighted by molar-refractivity contribution is 5.93. The number of aromatic nitrogens is 5. The van der Waals surface area contributed by atoms with Crippen molar-refractivity contribution in [2.45, 2.75) is 25.2 Å². The normalized spacial score (nSPS) is 18.8. The quantitative estimate of drug-likeness (QED) is 0.544. The summed E-state index contributed by atoms with van der Waals surface area (Å²) in [6, 6.07) is 8.27. The van der Waals surface area contributed by atoms with Crippen LogP contribution in [0.25, 0.3) is 28.1 Å². The van der Waals surface area contributed by atoms with Gasteiger partial charge in [-0.2, -0.15) is 4.98 Å². The van der Waals surface area contributed by atoms with Gasteiger partial charge in [-0.05, 0) is 25.0 Å². The molecule has 1 saturated carbocycles. The zero-order valence-corrected chi connectivity index (χ0v) is 15.6. The molecule has 4 heterocycles. The third-order valence-electron chi connectivity index (χ3n) is 5.82. The fourth-order valence-corrected chi connectivity index (χ4v) is 3.80. The molecule has 0 amide bonds. The Hall–Kier alpha value is -3.00. The highest BCUT2D eigenvalue weighted by Crippen LogP contribution is 2.47. The second-order valence-corrected chi connectivity index (χ2v) is 7.82. The molecule has 0 atom stereocenters. The van der Waals surface area contributed by atoms with Gasteiger partial charge in [-0.1, -0.05) is 24.2 Å². The first-order chi connectivity index (χ1) is 13.7. The molecule has 8 nitrogen and oxygen atoms in total. The first-order valence-electron chi connectivity index (χ1n) is 9.66. The van der Waals surface area contributed by atoms with E-state index in [0.29, 0.717) is 30.6 Å². The number of ether oxygens (including phenoxy) is 1. The lowest BCUT2D eigenvalue weighted by atomic mass is 10.1. The summed E-state index contributed by atoms with van der Waals surface area (Å²) in [6.07, 6.45) is 3.96. The van der Waals surface area contributed by atoms with Gasteiger partial charge in [-0.15, -0.1) is 0 Å². The molecule has 0 N–H and O–H groups in total. The van der Waals surface area contributed by atoms with Gasteiger partial charge in [0.15, 0.2) is 11.3 Å². The van der Waals surface area contributed by atoms with Gasteiger partial charge in [-0.25, -0.2) is 9.97 Å². The van der Waals surface area contributed by atoms with Crippen LogP contribution in [-0.2, 0) is 10.2 Å². The lowest BCUT2D eigenvalue weighted by Crippen LogP contribution is -2.37. The first kappa shape index (κ1) is 16.0. The Bertz CT molecular complexity index is 1190. The van der Waals surface area contributed by atoms with Gasteiger partial charge in [0, 0.05) is 23.9 Å². The van der Waals surface area contributed by atoms with Gasteiger partial charge in [0.2, 0.25) is 11.7 Å².